The fourth-order valence-corrected chi connectivity index (χ4v) is 4.01. The molecule has 0 unspecified atom stereocenters. The second-order valence-electron chi connectivity index (χ2n) is 8.00. The van der Waals surface area contributed by atoms with Gasteiger partial charge >= 0.3 is 0 Å². The summed E-state index contributed by atoms with van der Waals surface area (Å²) in [5.41, 5.74) is 2.52. The molecule has 0 radical (unpaired) electrons. The van der Waals surface area contributed by atoms with Crippen LogP contribution in [-0.4, -0.2) is 49.9 Å². The maximum atomic E-state index is 12.6. The van der Waals surface area contributed by atoms with Crippen LogP contribution in [0.2, 0.25) is 0 Å². The van der Waals surface area contributed by atoms with Crippen molar-refractivity contribution in [1.82, 2.24) is 24.3 Å². The number of rotatable bonds is 5. The average molecular weight is 371 g/mol. The number of carbonyl (C=O) groups excluding carboxylic acids is 1. The molecule has 2 aliphatic rings. The van der Waals surface area contributed by atoms with Gasteiger partial charge in [0.2, 0.25) is 5.91 Å². The number of carbonyl (C=O) groups is 1. The third-order valence-corrected chi connectivity index (χ3v) is 5.36. The largest absolute Gasteiger partial charge is 0.350 e. The van der Waals surface area contributed by atoms with E-state index in [1.165, 1.54) is 11.3 Å². The third kappa shape index (κ3) is 4.25. The Kier molecular flexibility index (Phi) is 5.31. The highest BCUT2D eigenvalue weighted by atomic mass is 16.7. The van der Waals surface area contributed by atoms with E-state index in [1.54, 1.807) is 5.06 Å². The van der Waals surface area contributed by atoms with E-state index in [2.05, 4.69) is 52.9 Å². The molecule has 4 rings (SSSR count). The lowest BCUT2D eigenvalue weighted by Crippen LogP contribution is -2.33. The molecule has 27 heavy (non-hydrogen) atoms. The van der Waals surface area contributed by atoms with Gasteiger partial charge in [0.1, 0.15) is 0 Å². The smallest absolute Gasteiger partial charge is 0.246 e. The van der Waals surface area contributed by atoms with Crippen molar-refractivity contribution in [3.63, 3.8) is 0 Å². The predicted molar refractivity (Wildman–Crippen MR) is 102 cm³/mol. The highest BCUT2D eigenvalue weighted by Gasteiger charge is 2.27. The average Bonchev–Trinajstić information content (AvgIpc) is 3.36. The molecule has 0 aliphatic carbocycles. The molecular weight excluding hydrogens is 342 g/mol. The van der Waals surface area contributed by atoms with E-state index >= 15 is 0 Å². The van der Waals surface area contributed by atoms with Gasteiger partial charge in [0.05, 0.1) is 19.3 Å². The van der Waals surface area contributed by atoms with Crippen LogP contribution in [0.1, 0.15) is 44.0 Å². The van der Waals surface area contributed by atoms with Gasteiger partial charge in [-0.25, -0.2) is 5.06 Å². The van der Waals surface area contributed by atoms with E-state index in [1.807, 2.05) is 10.9 Å². The van der Waals surface area contributed by atoms with Crippen LogP contribution in [0, 0.1) is 5.92 Å². The van der Waals surface area contributed by atoms with E-state index in [0.717, 1.165) is 39.1 Å². The summed E-state index contributed by atoms with van der Waals surface area (Å²) in [5.74, 6) is 0.385. The Morgan fingerprint density at radius 2 is 2.26 bits per heavy atom. The number of hydroxylamine groups is 2. The van der Waals surface area contributed by atoms with Gasteiger partial charge in [-0.2, -0.15) is 5.10 Å². The number of nitrogens with zero attached hydrogens (tertiary/aromatic N) is 5. The van der Waals surface area contributed by atoms with Gasteiger partial charge in [-0.05, 0) is 38.3 Å². The summed E-state index contributed by atoms with van der Waals surface area (Å²) < 4.78 is 4.29. The molecular formula is C20H29N5O2. The quantitative estimate of drug-likeness (QED) is 0.810. The standard InChI is InChI=1S/C20H29N5O2/c1-16(2)24-14-18(10-21-24)12-22-11-17(9-20(26)25-7-4-8-27-25)13-23-6-3-5-19(23)15-22/h3,5-6,10,14,16-17H,4,7-9,11-13,15H2,1-2H3/t17-/m0/s1. The molecule has 7 nitrogen and oxygen atoms in total. The van der Waals surface area contributed by atoms with Crippen LogP contribution in [-0.2, 0) is 29.3 Å². The Balaban J connectivity index is 1.46. The zero-order valence-electron chi connectivity index (χ0n) is 16.3. The summed E-state index contributed by atoms with van der Waals surface area (Å²) >= 11 is 0. The van der Waals surface area contributed by atoms with Crippen LogP contribution in [0.3, 0.4) is 0 Å². The Morgan fingerprint density at radius 3 is 3.00 bits per heavy atom. The van der Waals surface area contributed by atoms with Gasteiger partial charge in [0, 0.05) is 62.3 Å². The van der Waals surface area contributed by atoms with E-state index in [4.69, 9.17) is 4.84 Å². The number of hydrogen-bond acceptors (Lipinski definition) is 4. The predicted octanol–water partition coefficient (Wildman–Crippen LogP) is 2.45. The summed E-state index contributed by atoms with van der Waals surface area (Å²) in [6.07, 6.45) is 7.68. The van der Waals surface area contributed by atoms with Crippen molar-refractivity contribution in [2.75, 3.05) is 19.7 Å². The zero-order valence-corrected chi connectivity index (χ0v) is 16.3. The number of hydrogen-bond donors (Lipinski definition) is 0. The minimum Gasteiger partial charge on any atom is -0.350 e. The maximum absolute atomic E-state index is 12.6. The molecule has 1 atom stereocenters. The Labute approximate surface area is 160 Å². The lowest BCUT2D eigenvalue weighted by molar-refractivity contribution is -0.170. The van der Waals surface area contributed by atoms with Crippen LogP contribution in [0.25, 0.3) is 0 Å². The van der Waals surface area contributed by atoms with Crippen molar-refractivity contribution in [2.45, 2.75) is 52.4 Å². The number of aromatic nitrogens is 3. The second kappa shape index (κ2) is 7.86. The van der Waals surface area contributed by atoms with Crippen molar-refractivity contribution in [1.29, 1.82) is 0 Å². The molecule has 1 fully saturated rings. The van der Waals surface area contributed by atoms with Crippen molar-refractivity contribution in [2.24, 2.45) is 5.92 Å². The van der Waals surface area contributed by atoms with Gasteiger partial charge in [-0.1, -0.05) is 0 Å². The molecule has 2 aliphatic heterocycles. The minimum absolute atomic E-state index is 0.112. The van der Waals surface area contributed by atoms with Crippen LogP contribution in [0.5, 0.6) is 0 Å². The maximum Gasteiger partial charge on any atom is 0.246 e. The fourth-order valence-electron chi connectivity index (χ4n) is 4.01. The summed E-state index contributed by atoms with van der Waals surface area (Å²) in [5, 5.41) is 6.02. The molecule has 0 saturated carbocycles. The lowest BCUT2D eigenvalue weighted by Gasteiger charge is -2.24. The summed E-state index contributed by atoms with van der Waals surface area (Å²) in [6, 6.07) is 4.64. The number of amides is 1. The first kappa shape index (κ1) is 18.3. The molecule has 0 spiro atoms. The normalized spacial score (nSPS) is 20.9. The first-order valence-corrected chi connectivity index (χ1v) is 9.91. The molecule has 1 saturated heterocycles. The molecule has 146 valence electrons. The van der Waals surface area contributed by atoms with E-state index in [9.17, 15) is 4.79 Å². The van der Waals surface area contributed by atoms with Crippen molar-refractivity contribution in [3.05, 3.63) is 42.0 Å². The Bertz CT molecular complexity index is 775. The highest BCUT2D eigenvalue weighted by Crippen LogP contribution is 2.22. The van der Waals surface area contributed by atoms with Crippen molar-refractivity contribution >= 4 is 5.91 Å². The number of fused-ring (bicyclic) bond motifs is 1. The monoisotopic (exact) mass is 371 g/mol. The van der Waals surface area contributed by atoms with Gasteiger partial charge in [0.15, 0.2) is 0 Å². The summed E-state index contributed by atoms with van der Waals surface area (Å²) in [7, 11) is 0. The van der Waals surface area contributed by atoms with Crippen LogP contribution in [0.4, 0.5) is 0 Å². The topological polar surface area (TPSA) is 55.5 Å². The lowest BCUT2D eigenvalue weighted by atomic mass is 10.0. The summed E-state index contributed by atoms with van der Waals surface area (Å²) in [4.78, 5) is 20.5. The molecule has 4 heterocycles. The molecule has 7 heteroatoms. The van der Waals surface area contributed by atoms with E-state index in [-0.39, 0.29) is 11.8 Å². The van der Waals surface area contributed by atoms with E-state index in [0.29, 0.717) is 19.1 Å². The van der Waals surface area contributed by atoms with Gasteiger partial charge in [0.25, 0.3) is 0 Å². The Hall–Kier alpha value is -2.12. The molecule has 2 aromatic heterocycles. The third-order valence-electron chi connectivity index (χ3n) is 5.36. The SMILES string of the molecule is CC(C)n1cc(CN2Cc3cccn3C[C@@H](CC(=O)N3CCCO3)C2)cn1. The first-order valence-electron chi connectivity index (χ1n) is 9.91. The minimum atomic E-state index is 0.112. The van der Waals surface area contributed by atoms with Crippen LogP contribution >= 0.6 is 0 Å². The van der Waals surface area contributed by atoms with Crippen molar-refractivity contribution in [3.8, 4) is 0 Å². The Morgan fingerprint density at radius 1 is 1.37 bits per heavy atom. The van der Waals surface area contributed by atoms with Gasteiger partial charge < -0.3 is 4.57 Å². The molecule has 0 aromatic carbocycles. The molecule has 2 aromatic rings. The second-order valence-corrected chi connectivity index (χ2v) is 8.00. The van der Waals surface area contributed by atoms with Crippen molar-refractivity contribution < 1.29 is 9.63 Å². The molecule has 1 amide bonds. The van der Waals surface area contributed by atoms with Crippen LogP contribution in [0.15, 0.2) is 30.7 Å². The van der Waals surface area contributed by atoms with Gasteiger partial charge in [-0.15, -0.1) is 0 Å². The van der Waals surface area contributed by atoms with Crippen LogP contribution < -0.4 is 0 Å². The zero-order chi connectivity index (χ0) is 18.8. The fraction of sp³-hybridized carbons (Fsp3) is 0.600. The molecule has 0 bridgehead atoms. The first-order chi connectivity index (χ1) is 13.1. The highest BCUT2D eigenvalue weighted by molar-refractivity contribution is 5.75. The van der Waals surface area contributed by atoms with E-state index < -0.39 is 0 Å². The van der Waals surface area contributed by atoms with Gasteiger partial charge in [-0.3, -0.25) is 19.2 Å². The molecule has 0 N–H and O–H groups in total. The summed E-state index contributed by atoms with van der Waals surface area (Å²) in [6.45, 7) is 9.17.